The summed E-state index contributed by atoms with van der Waals surface area (Å²) in [6.07, 6.45) is 3.18. The zero-order valence-corrected chi connectivity index (χ0v) is 10.2. The van der Waals surface area contributed by atoms with E-state index >= 15 is 0 Å². The molecule has 0 saturated carbocycles. The monoisotopic (exact) mass is 241 g/mol. The Labute approximate surface area is 106 Å². The fourth-order valence-corrected chi connectivity index (χ4v) is 3.19. The van der Waals surface area contributed by atoms with Gasteiger partial charge in [0, 0.05) is 19.6 Å². The Bertz CT molecular complexity index is 564. The summed E-state index contributed by atoms with van der Waals surface area (Å²) in [4.78, 5) is 21.2. The van der Waals surface area contributed by atoms with Crippen molar-refractivity contribution < 1.29 is 4.79 Å². The van der Waals surface area contributed by atoms with E-state index in [4.69, 9.17) is 0 Å². The van der Waals surface area contributed by atoms with Crippen LogP contribution in [0.1, 0.15) is 28.8 Å². The van der Waals surface area contributed by atoms with E-state index in [1.807, 2.05) is 17.0 Å². The quantitative estimate of drug-likeness (QED) is 0.692. The molecule has 0 N–H and O–H groups in total. The second-order valence-electron chi connectivity index (χ2n) is 5.06. The smallest absolute Gasteiger partial charge is 0.262 e. The van der Waals surface area contributed by atoms with Crippen LogP contribution in [0.2, 0.25) is 0 Å². The second-order valence-corrected chi connectivity index (χ2v) is 5.06. The molecule has 1 aromatic carbocycles. The number of hydrogen-bond donors (Lipinski definition) is 0. The number of aliphatic imine (C=N–C) groups is 1. The van der Waals surface area contributed by atoms with E-state index in [0.29, 0.717) is 0 Å². The number of guanidine groups is 1. The number of rotatable bonds is 0. The fourth-order valence-electron chi connectivity index (χ4n) is 3.19. The van der Waals surface area contributed by atoms with Crippen LogP contribution in [0, 0.1) is 0 Å². The van der Waals surface area contributed by atoms with Crippen LogP contribution in [0.15, 0.2) is 23.2 Å². The average Bonchev–Trinajstić information content (AvgIpc) is 2.44. The zero-order chi connectivity index (χ0) is 12.1. The van der Waals surface area contributed by atoms with Gasteiger partial charge in [-0.1, -0.05) is 12.1 Å². The maximum Gasteiger partial charge on any atom is 0.262 e. The number of hydrogen-bond acceptors (Lipinski definition) is 3. The predicted octanol–water partition coefficient (Wildman–Crippen LogP) is 1.65. The molecule has 92 valence electrons. The van der Waals surface area contributed by atoms with Crippen molar-refractivity contribution in [2.45, 2.75) is 19.3 Å². The summed E-state index contributed by atoms with van der Waals surface area (Å²) in [5.41, 5.74) is 3.26. The third-order valence-corrected chi connectivity index (χ3v) is 3.97. The van der Waals surface area contributed by atoms with Crippen LogP contribution in [-0.2, 0) is 6.42 Å². The van der Waals surface area contributed by atoms with E-state index < -0.39 is 0 Å². The number of amides is 1. The van der Waals surface area contributed by atoms with Gasteiger partial charge in [0.2, 0.25) is 5.96 Å². The molecule has 0 saturated heterocycles. The molecule has 3 aliphatic rings. The van der Waals surface area contributed by atoms with Crippen LogP contribution in [0.5, 0.6) is 0 Å². The van der Waals surface area contributed by atoms with E-state index in [1.54, 1.807) is 0 Å². The number of nitrogens with zero attached hydrogens (tertiary/aromatic N) is 3. The highest BCUT2D eigenvalue weighted by molar-refractivity contribution is 6.19. The molecule has 0 spiro atoms. The number of carbonyl (C=O) groups excluding carboxylic acids is 1. The van der Waals surface area contributed by atoms with E-state index in [2.05, 4.69) is 16.0 Å². The highest BCUT2D eigenvalue weighted by Crippen LogP contribution is 2.36. The fraction of sp³-hybridized carbons (Fsp3) is 0.429. The first-order valence-corrected chi connectivity index (χ1v) is 6.62. The third kappa shape index (κ3) is 1.20. The number of aryl methyl sites for hydroxylation is 1. The minimum absolute atomic E-state index is 0.128. The van der Waals surface area contributed by atoms with Crippen LogP contribution in [0.3, 0.4) is 0 Å². The normalized spacial score (nSPS) is 21.3. The molecule has 0 radical (unpaired) electrons. The number of fused-ring (bicyclic) bond motifs is 2. The van der Waals surface area contributed by atoms with Gasteiger partial charge in [0.05, 0.1) is 11.3 Å². The highest BCUT2D eigenvalue weighted by Gasteiger charge is 2.38. The Morgan fingerprint density at radius 3 is 2.94 bits per heavy atom. The summed E-state index contributed by atoms with van der Waals surface area (Å²) in [6.45, 7) is 2.62. The standard InChI is InChI=1S/C14H15N3O/c18-13-11-6-1-4-10-5-2-8-16(12(10)11)14-15-7-3-9-17(13)14/h1,4,6H,2-3,5,7-9H2. The topological polar surface area (TPSA) is 35.9 Å². The third-order valence-electron chi connectivity index (χ3n) is 3.97. The Hall–Kier alpha value is -1.84. The maximum atomic E-state index is 12.5. The number of benzene rings is 1. The van der Waals surface area contributed by atoms with E-state index in [9.17, 15) is 4.79 Å². The molecule has 18 heavy (non-hydrogen) atoms. The number of carbonyl (C=O) groups is 1. The lowest BCUT2D eigenvalue weighted by Crippen LogP contribution is -2.55. The largest absolute Gasteiger partial charge is 0.311 e. The molecular weight excluding hydrogens is 226 g/mol. The molecule has 1 aromatic rings. The van der Waals surface area contributed by atoms with Crippen LogP contribution in [-0.4, -0.2) is 36.4 Å². The molecule has 0 aliphatic carbocycles. The second kappa shape index (κ2) is 3.57. The predicted molar refractivity (Wildman–Crippen MR) is 70.1 cm³/mol. The molecule has 0 aromatic heterocycles. The van der Waals surface area contributed by atoms with Crippen molar-refractivity contribution >= 4 is 17.6 Å². The van der Waals surface area contributed by atoms with Gasteiger partial charge < -0.3 is 4.90 Å². The van der Waals surface area contributed by atoms with Crippen LogP contribution in [0.4, 0.5) is 5.69 Å². The van der Waals surface area contributed by atoms with Crippen molar-refractivity contribution in [1.82, 2.24) is 4.90 Å². The summed E-state index contributed by atoms with van der Waals surface area (Å²) in [5.74, 6) is 1.01. The lowest BCUT2D eigenvalue weighted by molar-refractivity contribution is 0.0833. The first-order chi connectivity index (χ1) is 8.86. The van der Waals surface area contributed by atoms with Gasteiger partial charge >= 0.3 is 0 Å². The van der Waals surface area contributed by atoms with Crippen LogP contribution in [0.25, 0.3) is 0 Å². The van der Waals surface area contributed by atoms with Gasteiger partial charge in [0.15, 0.2) is 0 Å². The van der Waals surface area contributed by atoms with Gasteiger partial charge in [-0.15, -0.1) is 0 Å². The summed E-state index contributed by atoms with van der Waals surface area (Å²) in [5, 5.41) is 0. The van der Waals surface area contributed by atoms with Gasteiger partial charge in [-0.05, 0) is 30.9 Å². The van der Waals surface area contributed by atoms with Crippen molar-refractivity contribution in [3.8, 4) is 0 Å². The Kier molecular flexibility index (Phi) is 2.01. The lowest BCUT2D eigenvalue weighted by atomic mass is 9.95. The van der Waals surface area contributed by atoms with Crippen molar-refractivity contribution in [1.29, 1.82) is 0 Å². The molecule has 4 heteroatoms. The minimum Gasteiger partial charge on any atom is -0.311 e. The first-order valence-electron chi connectivity index (χ1n) is 6.62. The molecular formula is C14H15N3O. The van der Waals surface area contributed by atoms with Crippen molar-refractivity contribution in [3.05, 3.63) is 29.3 Å². The van der Waals surface area contributed by atoms with E-state index in [-0.39, 0.29) is 5.91 Å². The summed E-state index contributed by atoms with van der Waals surface area (Å²) in [7, 11) is 0. The summed E-state index contributed by atoms with van der Waals surface area (Å²) in [6, 6.07) is 6.09. The maximum absolute atomic E-state index is 12.5. The number of anilines is 1. The summed E-state index contributed by atoms with van der Waals surface area (Å²) < 4.78 is 0. The number of para-hydroxylation sites is 1. The molecule has 0 atom stereocenters. The van der Waals surface area contributed by atoms with Crippen LogP contribution >= 0.6 is 0 Å². The molecule has 4 rings (SSSR count). The molecule has 0 unspecified atom stereocenters. The van der Waals surface area contributed by atoms with Crippen molar-refractivity contribution in [2.24, 2.45) is 4.99 Å². The molecule has 3 aliphatic heterocycles. The first kappa shape index (κ1) is 10.1. The molecule has 0 bridgehead atoms. The lowest BCUT2D eigenvalue weighted by Gasteiger charge is -2.43. The molecule has 1 amide bonds. The van der Waals surface area contributed by atoms with Gasteiger partial charge in [-0.3, -0.25) is 14.7 Å². The highest BCUT2D eigenvalue weighted by atomic mass is 16.2. The zero-order valence-electron chi connectivity index (χ0n) is 10.2. The Morgan fingerprint density at radius 1 is 1.11 bits per heavy atom. The SMILES string of the molecule is O=C1c2cccc3c2N(CCC3)C2=NCCCN12. The average molecular weight is 241 g/mol. The van der Waals surface area contributed by atoms with Gasteiger partial charge in [-0.25, -0.2) is 0 Å². The van der Waals surface area contributed by atoms with Crippen molar-refractivity contribution in [3.63, 3.8) is 0 Å². The molecule has 3 heterocycles. The van der Waals surface area contributed by atoms with E-state index in [0.717, 1.165) is 56.1 Å². The van der Waals surface area contributed by atoms with Crippen LogP contribution < -0.4 is 4.90 Å². The Morgan fingerprint density at radius 2 is 2.00 bits per heavy atom. The van der Waals surface area contributed by atoms with Gasteiger partial charge in [0.1, 0.15) is 0 Å². The van der Waals surface area contributed by atoms with Crippen molar-refractivity contribution in [2.75, 3.05) is 24.5 Å². The minimum atomic E-state index is 0.128. The van der Waals surface area contributed by atoms with E-state index in [1.165, 1.54) is 5.56 Å². The molecule has 4 nitrogen and oxygen atoms in total. The molecule has 0 fully saturated rings. The van der Waals surface area contributed by atoms with Gasteiger partial charge in [-0.2, -0.15) is 0 Å². The van der Waals surface area contributed by atoms with Gasteiger partial charge in [0.25, 0.3) is 5.91 Å². The summed E-state index contributed by atoms with van der Waals surface area (Å²) >= 11 is 0. The Balaban J connectivity index is 1.97.